The highest BCUT2D eigenvalue weighted by Crippen LogP contribution is 2.39. The average molecular weight is 353 g/mol. The minimum absolute atomic E-state index is 0.0312. The summed E-state index contributed by atoms with van der Waals surface area (Å²) in [6, 6.07) is 4.86. The second kappa shape index (κ2) is 6.14. The molecule has 1 amide bonds. The van der Waals surface area contributed by atoms with Crippen LogP contribution < -0.4 is 0 Å². The van der Waals surface area contributed by atoms with Crippen molar-refractivity contribution in [3.8, 4) is 0 Å². The molecule has 1 saturated heterocycles. The molecule has 24 heavy (non-hydrogen) atoms. The van der Waals surface area contributed by atoms with E-state index in [1.807, 2.05) is 6.92 Å². The molecule has 2 aliphatic rings. The zero-order valence-corrected chi connectivity index (χ0v) is 14.1. The van der Waals surface area contributed by atoms with Gasteiger partial charge in [-0.3, -0.25) is 14.9 Å². The lowest BCUT2D eigenvalue weighted by atomic mass is 10.2. The summed E-state index contributed by atoms with van der Waals surface area (Å²) >= 11 is 0. The van der Waals surface area contributed by atoms with Crippen LogP contribution in [0.2, 0.25) is 0 Å². The lowest BCUT2D eigenvalue weighted by Crippen LogP contribution is -2.51. The largest absolute Gasteiger partial charge is 0.340 e. The van der Waals surface area contributed by atoms with Crippen LogP contribution in [0.3, 0.4) is 0 Å². The van der Waals surface area contributed by atoms with E-state index in [9.17, 15) is 23.3 Å². The highest BCUT2D eigenvalue weighted by atomic mass is 32.2. The van der Waals surface area contributed by atoms with Gasteiger partial charge in [-0.15, -0.1) is 0 Å². The number of non-ortho nitro benzene ring substituents is 1. The topological polar surface area (TPSA) is 101 Å². The van der Waals surface area contributed by atoms with Crippen LogP contribution in [0, 0.1) is 22.0 Å². The molecule has 2 fully saturated rings. The predicted octanol–water partition coefficient (Wildman–Crippen LogP) is 1.08. The first kappa shape index (κ1) is 16.8. The Balaban J connectivity index is 1.66. The van der Waals surface area contributed by atoms with Gasteiger partial charge in [0.1, 0.15) is 0 Å². The van der Waals surface area contributed by atoms with Crippen molar-refractivity contribution in [2.75, 3.05) is 26.2 Å². The smallest absolute Gasteiger partial charge is 0.269 e. The number of hydrogen-bond acceptors (Lipinski definition) is 5. The van der Waals surface area contributed by atoms with Crippen molar-refractivity contribution in [1.29, 1.82) is 0 Å². The molecule has 1 heterocycles. The molecule has 9 heteroatoms. The Labute approximate surface area is 140 Å². The Kier molecular flexibility index (Phi) is 4.31. The number of carbonyl (C=O) groups excluding carboxylic acids is 1. The maximum absolute atomic E-state index is 12.6. The van der Waals surface area contributed by atoms with Gasteiger partial charge < -0.3 is 4.90 Å². The molecule has 0 bridgehead atoms. The van der Waals surface area contributed by atoms with Gasteiger partial charge in [-0.25, -0.2) is 8.42 Å². The van der Waals surface area contributed by atoms with Crippen molar-refractivity contribution >= 4 is 21.6 Å². The molecular weight excluding hydrogens is 334 g/mol. The maximum Gasteiger partial charge on any atom is 0.269 e. The average Bonchev–Trinajstić information content (AvgIpc) is 3.31. The molecule has 0 spiro atoms. The van der Waals surface area contributed by atoms with Crippen LogP contribution in [0.25, 0.3) is 0 Å². The Morgan fingerprint density at radius 3 is 2.17 bits per heavy atom. The minimum Gasteiger partial charge on any atom is -0.340 e. The Morgan fingerprint density at radius 1 is 1.17 bits per heavy atom. The van der Waals surface area contributed by atoms with Gasteiger partial charge in [0.05, 0.1) is 9.82 Å². The van der Waals surface area contributed by atoms with Gasteiger partial charge in [-0.2, -0.15) is 4.31 Å². The molecule has 0 radical (unpaired) electrons. The number of benzene rings is 1. The highest BCUT2D eigenvalue weighted by molar-refractivity contribution is 7.89. The van der Waals surface area contributed by atoms with Crippen molar-refractivity contribution in [2.45, 2.75) is 18.2 Å². The van der Waals surface area contributed by atoms with Gasteiger partial charge in [-0.05, 0) is 24.5 Å². The molecule has 1 saturated carbocycles. The molecule has 130 valence electrons. The summed E-state index contributed by atoms with van der Waals surface area (Å²) in [7, 11) is -3.70. The van der Waals surface area contributed by atoms with Gasteiger partial charge in [0.25, 0.3) is 5.69 Å². The number of hydrogen-bond donors (Lipinski definition) is 0. The van der Waals surface area contributed by atoms with Crippen LogP contribution in [0.5, 0.6) is 0 Å². The summed E-state index contributed by atoms with van der Waals surface area (Å²) in [5.74, 6) is 0.650. The van der Waals surface area contributed by atoms with Crippen molar-refractivity contribution in [3.63, 3.8) is 0 Å². The second-order valence-corrected chi connectivity index (χ2v) is 8.24. The zero-order valence-electron chi connectivity index (χ0n) is 13.3. The first-order valence-electron chi connectivity index (χ1n) is 7.84. The molecule has 0 aromatic heterocycles. The monoisotopic (exact) mass is 353 g/mol. The van der Waals surface area contributed by atoms with Crippen molar-refractivity contribution in [2.24, 2.45) is 11.8 Å². The summed E-state index contributed by atoms with van der Waals surface area (Å²) in [5, 5.41) is 10.7. The summed E-state index contributed by atoms with van der Waals surface area (Å²) in [5.41, 5.74) is -0.150. The SMILES string of the molecule is C[C@H]1C[C@H]1C(=O)N1CCN(S(=O)(=O)c2ccc([N+](=O)[O-])cc2)CC1. The van der Waals surface area contributed by atoms with E-state index in [4.69, 9.17) is 0 Å². The Bertz CT molecular complexity index is 754. The third-order valence-corrected chi connectivity index (χ3v) is 6.58. The summed E-state index contributed by atoms with van der Waals surface area (Å²) in [6.07, 6.45) is 0.917. The van der Waals surface area contributed by atoms with Gasteiger partial charge in [-0.1, -0.05) is 6.92 Å². The van der Waals surface area contributed by atoms with E-state index in [0.29, 0.717) is 19.0 Å². The molecule has 8 nitrogen and oxygen atoms in total. The molecule has 0 unspecified atom stereocenters. The van der Waals surface area contributed by atoms with Crippen LogP contribution >= 0.6 is 0 Å². The molecule has 1 aliphatic carbocycles. The van der Waals surface area contributed by atoms with Crippen molar-refractivity contribution in [1.82, 2.24) is 9.21 Å². The lowest BCUT2D eigenvalue weighted by molar-refractivity contribution is -0.384. The molecular formula is C15H19N3O5S. The summed E-state index contributed by atoms with van der Waals surface area (Å²) in [6.45, 7) is 3.29. The van der Waals surface area contributed by atoms with Crippen LogP contribution in [0.4, 0.5) is 5.69 Å². The minimum atomic E-state index is -3.70. The van der Waals surface area contributed by atoms with Crippen LogP contribution in [-0.4, -0.2) is 54.6 Å². The lowest BCUT2D eigenvalue weighted by Gasteiger charge is -2.34. The van der Waals surface area contributed by atoms with Gasteiger partial charge in [0, 0.05) is 44.2 Å². The fourth-order valence-corrected chi connectivity index (χ4v) is 4.36. The van der Waals surface area contributed by atoms with Crippen LogP contribution in [0.1, 0.15) is 13.3 Å². The fourth-order valence-electron chi connectivity index (χ4n) is 2.94. The zero-order chi connectivity index (χ0) is 17.5. The maximum atomic E-state index is 12.6. The first-order chi connectivity index (χ1) is 11.3. The molecule has 0 N–H and O–H groups in total. The fraction of sp³-hybridized carbons (Fsp3) is 0.533. The Hall–Kier alpha value is -2.00. The van der Waals surface area contributed by atoms with E-state index in [0.717, 1.165) is 6.42 Å². The molecule has 1 aliphatic heterocycles. The number of rotatable bonds is 4. The van der Waals surface area contributed by atoms with Crippen molar-refractivity contribution < 1.29 is 18.1 Å². The number of piperazine rings is 1. The van der Waals surface area contributed by atoms with E-state index in [2.05, 4.69) is 0 Å². The normalized spacial score (nSPS) is 24.6. The van der Waals surface area contributed by atoms with E-state index in [1.165, 1.54) is 28.6 Å². The molecule has 2 atom stereocenters. The second-order valence-electron chi connectivity index (χ2n) is 6.30. The number of carbonyl (C=O) groups is 1. The standard InChI is InChI=1S/C15H19N3O5S/c1-11-10-14(11)15(19)16-6-8-17(9-7-16)24(22,23)13-4-2-12(3-5-13)18(20)21/h2-5,11,14H,6-10H2,1H3/t11-,14+/m0/s1. The van der Waals surface area contributed by atoms with E-state index >= 15 is 0 Å². The third kappa shape index (κ3) is 3.13. The van der Waals surface area contributed by atoms with E-state index in [-0.39, 0.29) is 35.5 Å². The highest BCUT2D eigenvalue weighted by Gasteiger charge is 2.42. The number of nitro benzene ring substituents is 1. The molecule has 1 aromatic carbocycles. The quantitative estimate of drug-likeness (QED) is 0.595. The van der Waals surface area contributed by atoms with Crippen LogP contribution in [0.15, 0.2) is 29.2 Å². The van der Waals surface area contributed by atoms with Crippen LogP contribution in [-0.2, 0) is 14.8 Å². The summed E-state index contributed by atoms with van der Waals surface area (Å²) < 4.78 is 26.5. The molecule has 3 rings (SSSR count). The predicted molar refractivity (Wildman–Crippen MR) is 85.7 cm³/mol. The number of nitro groups is 1. The van der Waals surface area contributed by atoms with Gasteiger partial charge >= 0.3 is 0 Å². The van der Waals surface area contributed by atoms with Gasteiger partial charge in [0.15, 0.2) is 0 Å². The summed E-state index contributed by atoms with van der Waals surface area (Å²) in [4.78, 5) is 24.0. The van der Waals surface area contributed by atoms with Crippen molar-refractivity contribution in [3.05, 3.63) is 34.4 Å². The van der Waals surface area contributed by atoms with Gasteiger partial charge in [0.2, 0.25) is 15.9 Å². The number of amides is 1. The van der Waals surface area contributed by atoms with E-state index < -0.39 is 14.9 Å². The number of nitrogens with zero attached hydrogens (tertiary/aromatic N) is 3. The molecule has 1 aromatic rings. The first-order valence-corrected chi connectivity index (χ1v) is 9.28. The third-order valence-electron chi connectivity index (χ3n) is 4.66. The number of sulfonamides is 1. The Morgan fingerprint density at radius 2 is 1.71 bits per heavy atom. The van der Waals surface area contributed by atoms with E-state index in [1.54, 1.807) is 4.90 Å².